The Labute approximate surface area is 188 Å². The molecule has 0 aliphatic carbocycles. The molecule has 0 N–H and O–H groups in total. The summed E-state index contributed by atoms with van der Waals surface area (Å²) >= 11 is 0. The first-order valence-corrected chi connectivity index (χ1v) is 10.8. The number of hydrogen-bond acceptors (Lipinski definition) is 8. The first-order chi connectivity index (χ1) is 15.7. The molecule has 3 aromatic rings. The monoisotopic (exact) mass is 432 g/mol. The Hall–Kier alpha value is -3.23. The molecule has 8 nitrogen and oxygen atoms in total. The molecule has 0 unspecified atom stereocenters. The Morgan fingerprint density at radius 1 is 1.00 bits per heavy atom. The maximum atomic E-state index is 5.88. The molecule has 1 aliphatic heterocycles. The van der Waals surface area contributed by atoms with Crippen LogP contribution in [0.4, 0.5) is 5.82 Å². The van der Waals surface area contributed by atoms with Gasteiger partial charge in [-0.2, -0.15) is 15.1 Å². The van der Waals surface area contributed by atoms with E-state index in [9.17, 15) is 0 Å². The number of pyridine rings is 1. The zero-order valence-corrected chi connectivity index (χ0v) is 18.6. The summed E-state index contributed by atoms with van der Waals surface area (Å²) in [5.74, 6) is 0.469. The lowest BCUT2D eigenvalue weighted by molar-refractivity contribution is 0.0317. The van der Waals surface area contributed by atoms with Crippen LogP contribution < -0.4 is 4.74 Å². The van der Waals surface area contributed by atoms with E-state index in [1.807, 2.05) is 18.2 Å². The van der Waals surface area contributed by atoms with Crippen LogP contribution in [0.3, 0.4) is 0 Å². The third-order valence-electron chi connectivity index (χ3n) is 5.41. The number of hydrogen-bond donors (Lipinski definition) is 0. The Morgan fingerprint density at radius 2 is 1.81 bits per heavy atom. The molecule has 0 amide bonds. The summed E-state index contributed by atoms with van der Waals surface area (Å²) in [6.07, 6.45) is 3.47. The van der Waals surface area contributed by atoms with Crippen LogP contribution in [-0.2, 0) is 11.3 Å². The summed E-state index contributed by atoms with van der Waals surface area (Å²) < 4.78 is 11.3. The summed E-state index contributed by atoms with van der Waals surface area (Å²) in [5, 5.41) is 8.71. The largest absolute Gasteiger partial charge is 0.462 e. The van der Waals surface area contributed by atoms with E-state index < -0.39 is 0 Å². The van der Waals surface area contributed by atoms with E-state index in [2.05, 4.69) is 62.1 Å². The second kappa shape index (κ2) is 10.9. The molecule has 1 aromatic carbocycles. The molecule has 0 saturated carbocycles. The zero-order chi connectivity index (χ0) is 22.2. The molecule has 3 heterocycles. The van der Waals surface area contributed by atoms with Gasteiger partial charge in [-0.15, -0.1) is 5.11 Å². The first kappa shape index (κ1) is 22.0. The van der Waals surface area contributed by atoms with Gasteiger partial charge in [0.05, 0.1) is 25.5 Å². The number of ether oxygens (including phenoxy) is 2. The smallest absolute Gasteiger partial charge is 0.319 e. The molecule has 32 heavy (non-hydrogen) atoms. The quantitative estimate of drug-likeness (QED) is 0.497. The lowest BCUT2D eigenvalue weighted by atomic mass is 10.1. The topological polar surface area (TPSA) is 85.1 Å². The number of rotatable bonds is 8. The van der Waals surface area contributed by atoms with Gasteiger partial charge < -0.3 is 9.47 Å². The molecule has 0 atom stereocenters. The van der Waals surface area contributed by atoms with Crippen molar-refractivity contribution in [2.75, 3.05) is 39.5 Å². The second-order valence-corrected chi connectivity index (χ2v) is 7.75. The molecular weight excluding hydrogens is 404 g/mol. The summed E-state index contributed by atoms with van der Waals surface area (Å²) in [6.45, 7) is 9.35. The Kier molecular flexibility index (Phi) is 7.47. The van der Waals surface area contributed by atoms with Crippen molar-refractivity contribution in [1.82, 2.24) is 19.9 Å². The molecule has 4 rings (SSSR count). The number of morpholine rings is 1. The lowest BCUT2D eigenvalue weighted by Gasteiger charge is -2.26. The molecule has 8 heteroatoms. The van der Waals surface area contributed by atoms with Crippen molar-refractivity contribution < 1.29 is 9.47 Å². The van der Waals surface area contributed by atoms with Crippen LogP contribution >= 0.6 is 0 Å². The minimum Gasteiger partial charge on any atom is -0.462 e. The molecule has 0 bridgehead atoms. The van der Waals surface area contributed by atoms with Crippen molar-refractivity contribution in [1.29, 1.82) is 0 Å². The van der Waals surface area contributed by atoms with Crippen LogP contribution in [0.2, 0.25) is 0 Å². The summed E-state index contributed by atoms with van der Waals surface area (Å²) in [6, 6.07) is 12.2. The molecule has 0 spiro atoms. The van der Waals surface area contributed by atoms with Gasteiger partial charge in [0.1, 0.15) is 6.61 Å². The Balaban J connectivity index is 1.48. The molecule has 166 valence electrons. The fourth-order valence-electron chi connectivity index (χ4n) is 3.38. The average Bonchev–Trinajstić information content (AvgIpc) is 2.83. The van der Waals surface area contributed by atoms with Crippen LogP contribution in [0.5, 0.6) is 6.01 Å². The van der Waals surface area contributed by atoms with Crippen molar-refractivity contribution in [3.63, 3.8) is 0 Å². The van der Waals surface area contributed by atoms with E-state index in [0.717, 1.165) is 49.7 Å². The predicted molar refractivity (Wildman–Crippen MR) is 122 cm³/mol. The molecule has 1 aliphatic rings. The molecular formula is C24H28N6O2. The third kappa shape index (κ3) is 6.15. The van der Waals surface area contributed by atoms with Gasteiger partial charge in [-0.1, -0.05) is 18.2 Å². The second-order valence-electron chi connectivity index (χ2n) is 7.75. The SMILES string of the molecule is Cc1ccc(CN=Nc2cc(-c3ccncc3)nc(OCCN3CCOCC3)n2)cc1C. The molecule has 1 saturated heterocycles. The number of benzene rings is 1. The zero-order valence-electron chi connectivity index (χ0n) is 18.6. The highest BCUT2D eigenvalue weighted by Crippen LogP contribution is 2.24. The fraction of sp³-hybridized carbons (Fsp3) is 0.375. The predicted octanol–water partition coefficient (Wildman–Crippen LogP) is 4.15. The van der Waals surface area contributed by atoms with Crippen LogP contribution in [0, 0.1) is 13.8 Å². The highest BCUT2D eigenvalue weighted by molar-refractivity contribution is 5.61. The van der Waals surface area contributed by atoms with E-state index >= 15 is 0 Å². The number of aryl methyl sites for hydroxylation is 2. The fourth-order valence-corrected chi connectivity index (χ4v) is 3.38. The van der Waals surface area contributed by atoms with E-state index in [4.69, 9.17) is 9.47 Å². The van der Waals surface area contributed by atoms with E-state index in [1.54, 1.807) is 12.4 Å². The van der Waals surface area contributed by atoms with Gasteiger partial charge in [-0.05, 0) is 42.7 Å². The molecule has 1 fully saturated rings. The van der Waals surface area contributed by atoms with Crippen LogP contribution in [0.15, 0.2) is 59.0 Å². The van der Waals surface area contributed by atoms with Crippen LogP contribution in [0.1, 0.15) is 16.7 Å². The normalized spacial score (nSPS) is 14.7. The van der Waals surface area contributed by atoms with Crippen molar-refractivity contribution in [3.8, 4) is 17.3 Å². The van der Waals surface area contributed by atoms with Gasteiger partial charge in [0.15, 0.2) is 5.82 Å². The summed E-state index contributed by atoms with van der Waals surface area (Å²) in [7, 11) is 0. The van der Waals surface area contributed by atoms with Gasteiger partial charge >= 0.3 is 6.01 Å². The highest BCUT2D eigenvalue weighted by Gasteiger charge is 2.12. The van der Waals surface area contributed by atoms with Gasteiger partial charge in [0.2, 0.25) is 0 Å². The first-order valence-electron chi connectivity index (χ1n) is 10.8. The Morgan fingerprint density at radius 3 is 2.59 bits per heavy atom. The number of aromatic nitrogens is 3. The maximum absolute atomic E-state index is 5.88. The van der Waals surface area contributed by atoms with Crippen molar-refractivity contribution in [2.24, 2.45) is 10.2 Å². The molecule has 2 aromatic heterocycles. The van der Waals surface area contributed by atoms with Crippen LogP contribution in [-0.4, -0.2) is 59.3 Å². The van der Waals surface area contributed by atoms with E-state index in [0.29, 0.717) is 25.0 Å². The number of nitrogens with zero attached hydrogens (tertiary/aromatic N) is 6. The minimum atomic E-state index is 0.299. The summed E-state index contributed by atoms with van der Waals surface area (Å²) in [4.78, 5) is 15.4. The Bertz CT molecular complexity index is 1050. The molecule has 0 radical (unpaired) electrons. The van der Waals surface area contributed by atoms with E-state index in [1.165, 1.54) is 11.1 Å². The van der Waals surface area contributed by atoms with Crippen molar-refractivity contribution >= 4 is 5.82 Å². The van der Waals surface area contributed by atoms with Gasteiger partial charge in [0.25, 0.3) is 0 Å². The third-order valence-corrected chi connectivity index (χ3v) is 5.41. The van der Waals surface area contributed by atoms with E-state index in [-0.39, 0.29) is 0 Å². The van der Waals surface area contributed by atoms with Crippen molar-refractivity contribution in [3.05, 3.63) is 65.5 Å². The minimum absolute atomic E-state index is 0.299. The maximum Gasteiger partial charge on any atom is 0.319 e. The standard InChI is InChI=1S/C24H28N6O2/c1-18-3-4-20(15-19(18)2)17-26-29-23-16-22(21-5-7-25-8-6-21)27-24(28-23)32-14-11-30-9-12-31-13-10-30/h3-8,15-16H,9-14,17H2,1-2H3. The van der Waals surface area contributed by atoms with Gasteiger partial charge in [-0.3, -0.25) is 9.88 Å². The average molecular weight is 433 g/mol. The summed E-state index contributed by atoms with van der Waals surface area (Å²) in [5.41, 5.74) is 5.27. The lowest BCUT2D eigenvalue weighted by Crippen LogP contribution is -2.38. The van der Waals surface area contributed by atoms with Gasteiger partial charge in [0, 0.05) is 43.7 Å². The number of azo groups is 1. The van der Waals surface area contributed by atoms with Gasteiger partial charge in [-0.25, -0.2) is 0 Å². The van der Waals surface area contributed by atoms with Crippen molar-refractivity contribution in [2.45, 2.75) is 20.4 Å². The van der Waals surface area contributed by atoms with Crippen LogP contribution in [0.25, 0.3) is 11.3 Å². The highest BCUT2D eigenvalue weighted by atomic mass is 16.5.